The molecule has 9 nitrogen and oxygen atoms in total. The standard InChI is InChI=1S/C19H14N2O7S/c22-14-5-4-11(8-13(14)18(26)27)20-19-21-17(25)15(29-19)7-10-2-1-3-12(6-10)28-9-16(23)24/h1-8,22H,9H2,(H,23,24)(H,26,27)(H,20,21,25)/b15-7-. The van der Waals surface area contributed by atoms with Crippen LogP contribution in [0.1, 0.15) is 15.9 Å². The molecule has 0 unspecified atom stereocenters. The molecule has 4 N–H and O–H groups in total. The van der Waals surface area contributed by atoms with Crippen molar-refractivity contribution >= 4 is 46.5 Å². The number of carbonyl (C=O) groups is 3. The van der Waals surface area contributed by atoms with Crippen LogP contribution in [-0.4, -0.2) is 44.9 Å². The minimum absolute atomic E-state index is 0.251. The summed E-state index contributed by atoms with van der Waals surface area (Å²) in [6.45, 7) is -0.475. The Hall–Kier alpha value is -3.79. The predicted molar refractivity (Wildman–Crippen MR) is 105 cm³/mol. The van der Waals surface area contributed by atoms with Crippen LogP contribution in [-0.2, 0) is 9.59 Å². The van der Waals surface area contributed by atoms with Crippen LogP contribution < -0.4 is 10.1 Å². The first-order chi connectivity index (χ1) is 13.8. The Kier molecular flexibility index (Phi) is 5.84. The van der Waals surface area contributed by atoms with Crippen molar-refractivity contribution in [3.05, 3.63) is 58.5 Å². The highest BCUT2D eigenvalue weighted by molar-refractivity contribution is 8.18. The zero-order valence-corrected chi connectivity index (χ0v) is 15.5. The number of benzene rings is 2. The number of aliphatic imine (C=N–C) groups is 1. The molecule has 2 aromatic rings. The van der Waals surface area contributed by atoms with Gasteiger partial charge in [-0.05, 0) is 53.7 Å². The molecule has 29 heavy (non-hydrogen) atoms. The van der Waals surface area contributed by atoms with Gasteiger partial charge in [0.2, 0.25) is 0 Å². The van der Waals surface area contributed by atoms with Crippen LogP contribution in [0.2, 0.25) is 0 Å². The zero-order chi connectivity index (χ0) is 21.0. The first-order valence-corrected chi connectivity index (χ1v) is 8.94. The smallest absolute Gasteiger partial charge is 0.341 e. The molecule has 1 aliphatic heterocycles. The largest absolute Gasteiger partial charge is 0.507 e. The molecular formula is C19H14N2O7S. The van der Waals surface area contributed by atoms with Crippen molar-refractivity contribution in [2.45, 2.75) is 0 Å². The Labute approximate surface area is 168 Å². The second-order valence-corrected chi connectivity index (χ2v) is 6.77. The van der Waals surface area contributed by atoms with E-state index in [2.05, 4.69) is 10.3 Å². The number of carbonyl (C=O) groups excluding carboxylic acids is 1. The van der Waals surface area contributed by atoms with Crippen LogP contribution >= 0.6 is 11.8 Å². The number of carboxylic acid groups (broad SMARTS) is 2. The molecule has 2 aromatic carbocycles. The summed E-state index contributed by atoms with van der Waals surface area (Å²) in [7, 11) is 0. The van der Waals surface area contributed by atoms with Crippen LogP contribution in [0, 0.1) is 0 Å². The quantitative estimate of drug-likeness (QED) is 0.527. The summed E-state index contributed by atoms with van der Waals surface area (Å²) in [6, 6.07) is 10.4. The number of thioether (sulfide) groups is 1. The SMILES string of the molecule is O=C(O)COc1cccc(/C=C2\SC(=Nc3ccc(O)c(C(=O)O)c3)NC2=O)c1. The average molecular weight is 414 g/mol. The summed E-state index contributed by atoms with van der Waals surface area (Å²) < 4.78 is 5.11. The number of hydrogen-bond donors (Lipinski definition) is 4. The Bertz CT molecular complexity index is 1060. The summed E-state index contributed by atoms with van der Waals surface area (Å²) >= 11 is 1.06. The Morgan fingerprint density at radius 1 is 1.17 bits per heavy atom. The third-order valence-corrected chi connectivity index (χ3v) is 4.52. The number of rotatable bonds is 6. The predicted octanol–water partition coefficient (Wildman–Crippen LogP) is 2.45. The number of aliphatic carboxylic acids is 1. The maximum Gasteiger partial charge on any atom is 0.341 e. The van der Waals surface area contributed by atoms with Gasteiger partial charge in [0.05, 0.1) is 10.6 Å². The fourth-order valence-electron chi connectivity index (χ4n) is 2.35. The van der Waals surface area contributed by atoms with Crippen LogP contribution in [0.4, 0.5) is 5.69 Å². The van der Waals surface area contributed by atoms with Gasteiger partial charge in [-0.25, -0.2) is 14.6 Å². The molecule has 148 valence electrons. The number of hydrogen-bond acceptors (Lipinski definition) is 7. The molecule has 1 saturated heterocycles. The summed E-state index contributed by atoms with van der Waals surface area (Å²) in [4.78, 5) is 38.4. The van der Waals surface area contributed by atoms with Gasteiger partial charge in [-0.15, -0.1) is 0 Å². The monoisotopic (exact) mass is 414 g/mol. The first kappa shape index (κ1) is 20.0. The molecular weight excluding hydrogens is 400 g/mol. The van der Waals surface area contributed by atoms with E-state index < -0.39 is 18.5 Å². The number of aromatic hydroxyl groups is 1. The number of nitrogens with one attached hydrogen (secondary N) is 1. The molecule has 1 amide bonds. The lowest BCUT2D eigenvalue weighted by atomic mass is 10.2. The van der Waals surface area contributed by atoms with Crippen molar-refractivity contribution in [3.63, 3.8) is 0 Å². The fourth-order valence-corrected chi connectivity index (χ4v) is 3.20. The second kappa shape index (κ2) is 8.48. The minimum Gasteiger partial charge on any atom is -0.507 e. The first-order valence-electron chi connectivity index (χ1n) is 8.12. The lowest BCUT2D eigenvalue weighted by Gasteiger charge is -2.03. The second-order valence-electron chi connectivity index (χ2n) is 5.74. The van der Waals surface area contributed by atoms with E-state index in [1.54, 1.807) is 30.3 Å². The van der Waals surface area contributed by atoms with E-state index in [9.17, 15) is 19.5 Å². The van der Waals surface area contributed by atoms with Gasteiger partial charge >= 0.3 is 11.9 Å². The van der Waals surface area contributed by atoms with Crippen molar-refractivity contribution < 1.29 is 34.4 Å². The third-order valence-electron chi connectivity index (χ3n) is 3.61. The highest BCUT2D eigenvalue weighted by Gasteiger charge is 2.24. The van der Waals surface area contributed by atoms with Crippen LogP contribution in [0.3, 0.4) is 0 Å². The maximum atomic E-state index is 12.2. The maximum absolute atomic E-state index is 12.2. The van der Waals surface area contributed by atoms with Gasteiger partial charge < -0.3 is 25.4 Å². The van der Waals surface area contributed by atoms with Crippen LogP contribution in [0.5, 0.6) is 11.5 Å². The van der Waals surface area contributed by atoms with Crippen LogP contribution in [0.15, 0.2) is 52.4 Å². The van der Waals surface area contributed by atoms with E-state index >= 15 is 0 Å². The molecule has 0 aromatic heterocycles. The molecule has 1 fully saturated rings. The minimum atomic E-state index is -1.29. The van der Waals surface area contributed by atoms with Crippen molar-refractivity contribution in [2.75, 3.05) is 6.61 Å². The van der Waals surface area contributed by atoms with E-state index in [0.717, 1.165) is 11.8 Å². The highest BCUT2D eigenvalue weighted by Crippen LogP contribution is 2.30. The lowest BCUT2D eigenvalue weighted by molar-refractivity contribution is -0.139. The average Bonchev–Trinajstić information content (AvgIpc) is 3.00. The van der Waals surface area contributed by atoms with Gasteiger partial charge in [-0.1, -0.05) is 12.1 Å². The number of amides is 1. The normalized spacial score (nSPS) is 16.1. The third kappa shape index (κ3) is 5.14. The number of phenols is 1. The fraction of sp³-hybridized carbons (Fsp3) is 0.0526. The number of amidine groups is 1. The number of carboxylic acids is 2. The van der Waals surface area contributed by atoms with Crippen molar-refractivity contribution in [1.29, 1.82) is 0 Å². The molecule has 0 saturated carbocycles. The van der Waals surface area contributed by atoms with E-state index in [1.807, 2.05) is 0 Å². The van der Waals surface area contributed by atoms with Gasteiger partial charge in [-0.2, -0.15) is 0 Å². The topological polar surface area (TPSA) is 146 Å². The van der Waals surface area contributed by atoms with E-state index in [4.69, 9.17) is 14.9 Å². The Morgan fingerprint density at radius 3 is 2.69 bits per heavy atom. The molecule has 0 atom stereocenters. The van der Waals surface area contributed by atoms with Crippen molar-refractivity contribution in [1.82, 2.24) is 5.32 Å². The van der Waals surface area contributed by atoms with Crippen LogP contribution in [0.25, 0.3) is 6.08 Å². The molecule has 0 aliphatic carbocycles. The van der Waals surface area contributed by atoms with E-state index in [-0.39, 0.29) is 28.1 Å². The molecule has 0 radical (unpaired) electrons. The number of aromatic carboxylic acids is 1. The van der Waals surface area contributed by atoms with Gasteiger partial charge in [0.15, 0.2) is 11.8 Å². The zero-order valence-electron chi connectivity index (χ0n) is 14.7. The summed E-state index contributed by atoms with van der Waals surface area (Å²) in [5, 5.41) is 30.1. The van der Waals surface area contributed by atoms with Gasteiger partial charge in [0.25, 0.3) is 5.91 Å². The number of nitrogens with zero attached hydrogens (tertiary/aromatic N) is 1. The van der Waals surface area contributed by atoms with Gasteiger partial charge in [-0.3, -0.25) is 4.79 Å². The molecule has 0 bridgehead atoms. The van der Waals surface area contributed by atoms with Gasteiger partial charge in [0, 0.05) is 0 Å². The number of ether oxygens (including phenoxy) is 1. The molecule has 10 heteroatoms. The Morgan fingerprint density at radius 2 is 1.97 bits per heavy atom. The van der Waals surface area contributed by atoms with Crippen molar-refractivity contribution in [3.8, 4) is 11.5 Å². The lowest BCUT2D eigenvalue weighted by Crippen LogP contribution is -2.19. The van der Waals surface area contributed by atoms with E-state index in [1.165, 1.54) is 18.2 Å². The van der Waals surface area contributed by atoms with Gasteiger partial charge in [0.1, 0.15) is 17.1 Å². The molecule has 3 rings (SSSR count). The molecule has 0 spiro atoms. The Balaban J connectivity index is 1.79. The van der Waals surface area contributed by atoms with E-state index in [0.29, 0.717) is 16.2 Å². The highest BCUT2D eigenvalue weighted by atomic mass is 32.2. The molecule has 1 aliphatic rings. The summed E-state index contributed by atoms with van der Waals surface area (Å²) in [5.41, 5.74) is 0.591. The van der Waals surface area contributed by atoms with Crippen molar-refractivity contribution in [2.24, 2.45) is 4.99 Å². The summed E-state index contributed by atoms with van der Waals surface area (Å²) in [6.07, 6.45) is 1.59. The summed E-state index contributed by atoms with van der Waals surface area (Å²) in [5.74, 6) is -2.80. The molecule has 1 heterocycles.